The summed E-state index contributed by atoms with van der Waals surface area (Å²) in [6.07, 6.45) is 0. The molecule has 20 heavy (non-hydrogen) atoms. The molecule has 1 heterocycles. The molecule has 1 aromatic carbocycles. The van der Waals surface area contributed by atoms with E-state index in [0.717, 1.165) is 0 Å². The number of carbonyl (C=O) groups is 1. The summed E-state index contributed by atoms with van der Waals surface area (Å²) in [5.74, 6) is -0.185. The number of halogens is 2. The van der Waals surface area contributed by atoms with Crippen LogP contribution in [0.1, 0.15) is 16.6 Å². The van der Waals surface area contributed by atoms with E-state index in [1.54, 1.807) is 18.2 Å². The Balaban J connectivity index is 2.22. The van der Waals surface area contributed by atoms with Crippen molar-refractivity contribution in [2.45, 2.75) is 6.92 Å². The van der Waals surface area contributed by atoms with Crippen molar-refractivity contribution in [3.63, 3.8) is 0 Å². The molecule has 0 saturated heterocycles. The molecule has 0 aliphatic carbocycles. The molecule has 0 aliphatic heterocycles. The van der Waals surface area contributed by atoms with Crippen LogP contribution in [0.3, 0.4) is 0 Å². The van der Waals surface area contributed by atoms with E-state index in [9.17, 15) is 4.79 Å². The monoisotopic (exact) mass is 330 g/mol. The number of nitrogen functional groups attached to an aromatic ring is 1. The van der Waals surface area contributed by atoms with Crippen molar-refractivity contribution < 1.29 is 4.79 Å². The van der Waals surface area contributed by atoms with Gasteiger partial charge in [-0.05, 0) is 19.1 Å². The second kappa shape index (κ2) is 6.30. The zero-order valence-corrected chi connectivity index (χ0v) is 12.9. The molecule has 5 nitrogen and oxygen atoms in total. The molecule has 1 amide bonds. The fourth-order valence-electron chi connectivity index (χ4n) is 1.50. The van der Waals surface area contributed by atoms with Gasteiger partial charge in [0.25, 0.3) is 5.91 Å². The number of anilines is 3. The van der Waals surface area contributed by atoms with E-state index in [2.05, 4.69) is 15.6 Å². The molecule has 0 unspecified atom stereocenters. The lowest BCUT2D eigenvalue weighted by Crippen LogP contribution is -2.12. The lowest BCUT2D eigenvalue weighted by molar-refractivity contribution is 0.103. The fourth-order valence-corrected chi connectivity index (χ4v) is 2.70. The van der Waals surface area contributed by atoms with Crippen molar-refractivity contribution in [2.75, 3.05) is 22.9 Å². The number of hydrogen-bond acceptors (Lipinski definition) is 5. The van der Waals surface area contributed by atoms with E-state index in [1.807, 2.05) is 6.92 Å². The molecule has 1 aromatic heterocycles. The summed E-state index contributed by atoms with van der Waals surface area (Å²) in [6, 6.07) is 5.00. The molecule has 0 saturated carbocycles. The van der Waals surface area contributed by atoms with E-state index >= 15 is 0 Å². The van der Waals surface area contributed by atoms with Crippen molar-refractivity contribution in [2.24, 2.45) is 0 Å². The minimum absolute atomic E-state index is 0.182. The molecular weight excluding hydrogens is 319 g/mol. The molecule has 8 heteroatoms. The second-order valence-electron chi connectivity index (χ2n) is 3.82. The van der Waals surface area contributed by atoms with E-state index in [1.165, 1.54) is 11.3 Å². The van der Waals surface area contributed by atoms with Crippen molar-refractivity contribution in [3.8, 4) is 0 Å². The van der Waals surface area contributed by atoms with Crippen LogP contribution in [0.25, 0.3) is 0 Å². The summed E-state index contributed by atoms with van der Waals surface area (Å²) in [5.41, 5.74) is 6.17. The molecule has 106 valence electrons. The largest absolute Gasteiger partial charge is 0.382 e. The summed E-state index contributed by atoms with van der Waals surface area (Å²) in [6.45, 7) is 2.64. The van der Waals surface area contributed by atoms with Gasteiger partial charge in [0.05, 0.1) is 15.7 Å². The van der Waals surface area contributed by atoms with Crippen LogP contribution in [0.15, 0.2) is 18.2 Å². The van der Waals surface area contributed by atoms with Crippen LogP contribution in [0.4, 0.5) is 16.6 Å². The van der Waals surface area contributed by atoms with Gasteiger partial charge in [-0.1, -0.05) is 40.6 Å². The third-order valence-electron chi connectivity index (χ3n) is 2.39. The van der Waals surface area contributed by atoms with Crippen LogP contribution >= 0.6 is 34.5 Å². The Morgan fingerprint density at radius 3 is 2.90 bits per heavy atom. The Morgan fingerprint density at radius 2 is 2.20 bits per heavy atom. The predicted molar refractivity (Wildman–Crippen MR) is 85.1 cm³/mol. The maximum atomic E-state index is 12.2. The summed E-state index contributed by atoms with van der Waals surface area (Å²) in [4.78, 5) is 16.6. The molecule has 0 spiro atoms. The van der Waals surface area contributed by atoms with Crippen molar-refractivity contribution in [3.05, 3.63) is 33.1 Å². The van der Waals surface area contributed by atoms with Gasteiger partial charge in [0.15, 0.2) is 5.13 Å². The topological polar surface area (TPSA) is 80.0 Å². The summed E-state index contributed by atoms with van der Waals surface area (Å²) in [5, 5.41) is 6.94. The minimum atomic E-state index is -0.367. The molecule has 2 aromatic rings. The number of nitrogens with one attached hydrogen (secondary N) is 2. The molecule has 0 bridgehead atoms. The van der Waals surface area contributed by atoms with Crippen molar-refractivity contribution in [1.29, 1.82) is 0 Å². The molecular formula is C12H12Cl2N4OS. The van der Waals surface area contributed by atoms with Crippen molar-refractivity contribution in [1.82, 2.24) is 4.98 Å². The first-order valence-corrected chi connectivity index (χ1v) is 7.35. The first-order chi connectivity index (χ1) is 9.52. The van der Waals surface area contributed by atoms with Crippen LogP contribution in [-0.2, 0) is 0 Å². The predicted octanol–water partition coefficient (Wildman–Crippen LogP) is 3.72. The number of thiazole rings is 1. The fraction of sp³-hybridized carbons (Fsp3) is 0.167. The molecule has 0 fully saturated rings. The Hall–Kier alpha value is -1.50. The highest BCUT2D eigenvalue weighted by atomic mass is 35.5. The lowest BCUT2D eigenvalue weighted by atomic mass is 10.3. The standard InChI is InChI=1S/C12H12Cl2N4OS/c1-2-16-12-18-10(15)9(20-12)11(19)17-7-5-3-4-6(13)8(7)14/h3-5H,2,15H2,1H3,(H,16,18)(H,17,19). The van der Waals surface area contributed by atoms with E-state index in [0.29, 0.717) is 27.3 Å². The molecule has 0 radical (unpaired) electrons. The highest BCUT2D eigenvalue weighted by Crippen LogP contribution is 2.31. The number of carbonyl (C=O) groups excluding carboxylic acids is 1. The maximum Gasteiger partial charge on any atom is 0.269 e. The maximum absolute atomic E-state index is 12.2. The highest BCUT2D eigenvalue weighted by Gasteiger charge is 2.17. The summed E-state index contributed by atoms with van der Waals surface area (Å²) in [7, 11) is 0. The van der Waals surface area contributed by atoms with Gasteiger partial charge in [0, 0.05) is 6.54 Å². The number of benzene rings is 1. The minimum Gasteiger partial charge on any atom is -0.382 e. The first-order valence-electron chi connectivity index (χ1n) is 5.78. The van der Waals surface area contributed by atoms with Gasteiger partial charge in [-0.25, -0.2) is 4.98 Å². The van der Waals surface area contributed by atoms with E-state index < -0.39 is 0 Å². The quantitative estimate of drug-likeness (QED) is 0.798. The van der Waals surface area contributed by atoms with Gasteiger partial charge in [0.1, 0.15) is 10.7 Å². The average Bonchev–Trinajstić information content (AvgIpc) is 2.76. The van der Waals surface area contributed by atoms with Gasteiger partial charge in [-0.15, -0.1) is 0 Å². The van der Waals surface area contributed by atoms with Crippen LogP contribution in [-0.4, -0.2) is 17.4 Å². The van der Waals surface area contributed by atoms with Crippen LogP contribution in [0.5, 0.6) is 0 Å². The normalized spacial score (nSPS) is 10.3. The summed E-state index contributed by atoms with van der Waals surface area (Å²) >= 11 is 13.1. The van der Waals surface area contributed by atoms with Crippen LogP contribution in [0.2, 0.25) is 10.0 Å². The van der Waals surface area contributed by atoms with Gasteiger partial charge in [0.2, 0.25) is 0 Å². The first kappa shape index (κ1) is 14.9. The van der Waals surface area contributed by atoms with E-state index in [-0.39, 0.29) is 16.7 Å². The Kier molecular flexibility index (Phi) is 4.69. The Morgan fingerprint density at radius 1 is 1.45 bits per heavy atom. The lowest BCUT2D eigenvalue weighted by Gasteiger charge is -2.07. The summed E-state index contributed by atoms with van der Waals surface area (Å²) < 4.78 is 0. The van der Waals surface area contributed by atoms with Crippen LogP contribution in [0, 0.1) is 0 Å². The molecule has 2 rings (SSSR count). The number of hydrogen-bond donors (Lipinski definition) is 3. The molecule has 0 aliphatic rings. The van der Waals surface area contributed by atoms with Gasteiger partial charge in [-0.2, -0.15) is 0 Å². The smallest absolute Gasteiger partial charge is 0.269 e. The van der Waals surface area contributed by atoms with Gasteiger partial charge in [-0.3, -0.25) is 4.79 Å². The highest BCUT2D eigenvalue weighted by molar-refractivity contribution is 7.18. The Bertz CT molecular complexity index is 644. The Labute approximate surface area is 130 Å². The zero-order chi connectivity index (χ0) is 14.7. The van der Waals surface area contributed by atoms with Gasteiger partial charge < -0.3 is 16.4 Å². The number of rotatable bonds is 4. The zero-order valence-electron chi connectivity index (χ0n) is 10.5. The van der Waals surface area contributed by atoms with Crippen molar-refractivity contribution >= 4 is 57.1 Å². The van der Waals surface area contributed by atoms with Crippen LogP contribution < -0.4 is 16.4 Å². The van der Waals surface area contributed by atoms with Gasteiger partial charge >= 0.3 is 0 Å². The second-order valence-corrected chi connectivity index (χ2v) is 5.60. The number of nitrogens with zero attached hydrogens (tertiary/aromatic N) is 1. The molecule has 4 N–H and O–H groups in total. The number of nitrogens with two attached hydrogens (primary N) is 1. The number of amides is 1. The SMILES string of the molecule is CCNc1nc(N)c(C(=O)Nc2cccc(Cl)c2Cl)s1. The van der Waals surface area contributed by atoms with E-state index in [4.69, 9.17) is 28.9 Å². The average molecular weight is 331 g/mol. The molecule has 0 atom stereocenters. The third kappa shape index (κ3) is 3.15. The third-order valence-corrected chi connectivity index (χ3v) is 4.23. The number of aromatic nitrogens is 1.